The number of carbonyl (C=O) groups is 3. The predicted molar refractivity (Wildman–Crippen MR) is 135 cm³/mol. The van der Waals surface area contributed by atoms with Gasteiger partial charge in [0.05, 0.1) is 11.0 Å². The molecule has 0 aliphatic carbocycles. The number of anilines is 1. The van der Waals surface area contributed by atoms with Crippen LogP contribution in [0.3, 0.4) is 0 Å². The molecule has 0 bridgehead atoms. The lowest BCUT2D eigenvalue weighted by atomic mass is 10.0. The average molecular weight is 501 g/mol. The van der Waals surface area contributed by atoms with Crippen molar-refractivity contribution in [2.45, 2.75) is 77.6 Å². The Morgan fingerprint density at radius 1 is 1.11 bits per heavy atom. The number of nitrogens with one attached hydrogen (secondary N) is 1. The lowest BCUT2D eigenvalue weighted by Crippen LogP contribution is -2.68. The molecule has 0 unspecified atom stereocenters. The molecule has 1 saturated heterocycles. The van der Waals surface area contributed by atoms with Gasteiger partial charge in [-0.1, -0.05) is 12.1 Å². The molecule has 1 aromatic heterocycles. The van der Waals surface area contributed by atoms with Crippen molar-refractivity contribution in [1.82, 2.24) is 14.5 Å². The first-order chi connectivity index (χ1) is 16.2. The number of para-hydroxylation sites is 2. The van der Waals surface area contributed by atoms with Gasteiger partial charge in [0.25, 0.3) is 5.91 Å². The van der Waals surface area contributed by atoms with E-state index in [4.69, 9.17) is 9.47 Å². The normalized spacial score (nSPS) is 20.4. The number of hydrogen-bond acceptors (Lipinski definition) is 8. The molecule has 2 atom stereocenters. The zero-order chi connectivity index (χ0) is 25.7. The van der Waals surface area contributed by atoms with Gasteiger partial charge in [-0.15, -0.1) is 11.8 Å². The molecule has 4 rings (SSSR count). The zero-order valence-electron chi connectivity index (χ0n) is 21.2. The Morgan fingerprint density at radius 2 is 1.77 bits per heavy atom. The van der Waals surface area contributed by atoms with Gasteiger partial charge in [-0.2, -0.15) is 0 Å². The third-order valence-corrected chi connectivity index (χ3v) is 6.82. The molecule has 0 spiro atoms. The number of nitrogens with zero attached hydrogens (tertiary/aromatic N) is 3. The van der Waals surface area contributed by atoms with Gasteiger partial charge in [0.1, 0.15) is 34.9 Å². The van der Waals surface area contributed by atoms with Crippen molar-refractivity contribution in [2.24, 2.45) is 0 Å². The maximum Gasteiger partial charge on any atom is 0.355 e. The first kappa shape index (κ1) is 25.1. The molecule has 1 amide bonds. The number of rotatable bonds is 5. The van der Waals surface area contributed by atoms with Crippen LogP contribution in [0.25, 0.3) is 11.0 Å². The molecule has 9 nitrogen and oxygen atoms in total. The monoisotopic (exact) mass is 500 g/mol. The van der Waals surface area contributed by atoms with E-state index >= 15 is 0 Å². The van der Waals surface area contributed by atoms with Crippen LogP contribution >= 0.6 is 11.8 Å². The summed E-state index contributed by atoms with van der Waals surface area (Å²) < 4.78 is 12.8. The minimum atomic E-state index is -0.664. The number of aromatic nitrogens is 2. The number of amides is 1. The van der Waals surface area contributed by atoms with Crippen LogP contribution in [0, 0.1) is 0 Å². The van der Waals surface area contributed by atoms with Crippen LogP contribution in [-0.4, -0.2) is 60.7 Å². The number of esters is 2. The van der Waals surface area contributed by atoms with E-state index in [0.29, 0.717) is 22.9 Å². The summed E-state index contributed by atoms with van der Waals surface area (Å²) in [5.74, 6) is -0.124. The smallest absolute Gasteiger partial charge is 0.355 e. The summed E-state index contributed by atoms with van der Waals surface area (Å²) in [5.41, 5.74) is 1.29. The molecular formula is C25H32N4O5S. The summed E-state index contributed by atoms with van der Waals surface area (Å²) in [6.07, 6.45) is 0. The number of β-lactam (4-membered cyclic amide) rings is 1. The summed E-state index contributed by atoms with van der Waals surface area (Å²) in [6, 6.07) is 6.86. The number of fused-ring (bicyclic) bond motifs is 2. The largest absolute Gasteiger partial charge is 0.459 e. The fourth-order valence-electron chi connectivity index (χ4n) is 4.08. The van der Waals surface area contributed by atoms with Crippen LogP contribution in [0.1, 0.15) is 48.5 Å². The second kappa shape index (κ2) is 8.89. The number of hydrogen-bond donors (Lipinski definition) is 1. The van der Waals surface area contributed by atoms with E-state index < -0.39 is 29.2 Å². The predicted octanol–water partition coefficient (Wildman–Crippen LogP) is 3.69. The Morgan fingerprint density at radius 3 is 2.43 bits per heavy atom. The standard InChI is InChI=1S/C25H32N4O5S/c1-14-13-35-21-18(20(31)29(21)19(14)22(32)34-25(5,6)7)27-23-26-15-10-8-9-11-16(15)28(23)12-17(30)33-24(2,3)4/h8-11,18,21H,12-13H2,1-7H3,(H,26,27)/t18-,21-/m1/s1. The maximum absolute atomic E-state index is 13.2. The van der Waals surface area contributed by atoms with Gasteiger partial charge in [0, 0.05) is 5.75 Å². The first-order valence-electron chi connectivity index (χ1n) is 11.6. The minimum absolute atomic E-state index is 0.0509. The van der Waals surface area contributed by atoms with Gasteiger partial charge in [0.15, 0.2) is 0 Å². The number of carbonyl (C=O) groups excluding carboxylic acids is 3. The van der Waals surface area contributed by atoms with Crippen molar-refractivity contribution in [3.63, 3.8) is 0 Å². The van der Waals surface area contributed by atoms with Crippen LogP contribution in [0.15, 0.2) is 35.5 Å². The van der Waals surface area contributed by atoms with Gasteiger partial charge >= 0.3 is 11.9 Å². The molecule has 1 aromatic carbocycles. The van der Waals surface area contributed by atoms with Gasteiger partial charge in [-0.3, -0.25) is 19.1 Å². The van der Waals surface area contributed by atoms with Crippen molar-refractivity contribution in [2.75, 3.05) is 11.1 Å². The lowest BCUT2D eigenvalue weighted by molar-refractivity contribution is -0.157. The van der Waals surface area contributed by atoms with Crippen LogP contribution < -0.4 is 5.32 Å². The molecule has 10 heteroatoms. The van der Waals surface area contributed by atoms with Crippen LogP contribution in [0.4, 0.5) is 5.95 Å². The van der Waals surface area contributed by atoms with Gasteiger partial charge in [-0.25, -0.2) is 9.78 Å². The van der Waals surface area contributed by atoms with E-state index in [1.807, 2.05) is 52.0 Å². The third kappa shape index (κ3) is 5.17. The summed E-state index contributed by atoms with van der Waals surface area (Å²) in [7, 11) is 0. The average Bonchev–Trinajstić information content (AvgIpc) is 3.06. The summed E-state index contributed by atoms with van der Waals surface area (Å²) in [6.45, 7) is 12.6. The molecular weight excluding hydrogens is 468 g/mol. The van der Waals surface area contributed by atoms with Gasteiger partial charge in [0.2, 0.25) is 5.95 Å². The van der Waals surface area contributed by atoms with E-state index in [1.165, 1.54) is 4.90 Å². The number of benzene rings is 1. The number of thioether (sulfide) groups is 1. The quantitative estimate of drug-likeness (QED) is 0.490. The van der Waals surface area contributed by atoms with E-state index in [9.17, 15) is 14.4 Å². The van der Waals surface area contributed by atoms with Crippen LogP contribution in [-0.2, 0) is 30.4 Å². The third-order valence-electron chi connectivity index (χ3n) is 5.40. The Hall–Kier alpha value is -3.01. The van der Waals surface area contributed by atoms with E-state index in [0.717, 1.165) is 11.1 Å². The van der Waals surface area contributed by atoms with E-state index in [2.05, 4.69) is 10.3 Å². The fraction of sp³-hybridized carbons (Fsp3) is 0.520. The van der Waals surface area contributed by atoms with Crippen molar-refractivity contribution < 1.29 is 23.9 Å². The molecule has 2 aliphatic heterocycles. The van der Waals surface area contributed by atoms with Crippen molar-refractivity contribution in [1.29, 1.82) is 0 Å². The molecule has 1 fully saturated rings. The molecule has 2 aliphatic rings. The first-order valence-corrected chi connectivity index (χ1v) is 12.6. The Bertz CT molecular complexity index is 1220. The Balaban J connectivity index is 1.59. The zero-order valence-corrected chi connectivity index (χ0v) is 22.0. The molecule has 188 valence electrons. The van der Waals surface area contributed by atoms with Crippen molar-refractivity contribution >= 4 is 46.6 Å². The summed E-state index contributed by atoms with van der Waals surface area (Å²) in [4.78, 5) is 44.9. The van der Waals surface area contributed by atoms with Crippen LogP contribution in [0.5, 0.6) is 0 Å². The molecule has 1 N–H and O–H groups in total. The molecule has 0 saturated carbocycles. The highest BCUT2D eigenvalue weighted by atomic mass is 32.2. The van der Waals surface area contributed by atoms with Gasteiger partial charge < -0.3 is 14.8 Å². The molecule has 2 aromatic rings. The van der Waals surface area contributed by atoms with Crippen molar-refractivity contribution in [3.8, 4) is 0 Å². The highest BCUT2D eigenvalue weighted by molar-refractivity contribution is 8.00. The second-order valence-electron chi connectivity index (χ2n) is 10.8. The lowest BCUT2D eigenvalue weighted by Gasteiger charge is -2.49. The van der Waals surface area contributed by atoms with E-state index in [1.54, 1.807) is 37.1 Å². The minimum Gasteiger partial charge on any atom is -0.459 e. The van der Waals surface area contributed by atoms with Crippen LogP contribution in [0.2, 0.25) is 0 Å². The number of imidazole rings is 1. The topological polar surface area (TPSA) is 103 Å². The fourth-order valence-corrected chi connectivity index (χ4v) is 5.37. The second-order valence-corrected chi connectivity index (χ2v) is 11.9. The van der Waals surface area contributed by atoms with Crippen molar-refractivity contribution in [3.05, 3.63) is 35.5 Å². The Labute approximate surface area is 209 Å². The van der Waals surface area contributed by atoms with Gasteiger partial charge in [-0.05, 0) is 66.2 Å². The number of ether oxygens (including phenoxy) is 2. The summed E-state index contributed by atoms with van der Waals surface area (Å²) >= 11 is 1.57. The maximum atomic E-state index is 13.2. The summed E-state index contributed by atoms with van der Waals surface area (Å²) in [5, 5.41) is 2.95. The Kier molecular flexibility index (Phi) is 6.37. The molecule has 3 heterocycles. The molecule has 35 heavy (non-hydrogen) atoms. The highest BCUT2D eigenvalue weighted by Gasteiger charge is 2.54. The highest BCUT2D eigenvalue weighted by Crippen LogP contribution is 2.42. The molecule has 0 radical (unpaired) electrons. The SMILES string of the molecule is CC1=C(C(=O)OC(C)(C)C)N2C(=O)[C@@H](Nc3nc4ccccc4n3CC(=O)OC(C)(C)C)[C@H]2SC1. The van der Waals surface area contributed by atoms with E-state index in [-0.39, 0.29) is 17.8 Å².